The van der Waals surface area contributed by atoms with E-state index in [-0.39, 0.29) is 124 Å². The van der Waals surface area contributed by atoms with Crippen molar-refractivity contribution < 1.29 is 103 Å². The quantitative estimate of drug-likeness (QED) is 0.0122. The largest absolute Gasteiger partial charge is 0.507 e. The Bertz CT molecular complexity index is 5640. The van der Waals surface area contributed by atoms with Crippen molar-refractivity contribution in [2.24, 2.45) is 58.4 Å². The van der Waals surface area contributed by atoms with Crippen molar-refractivity contribution >= 4 is 102 Å². The Hall–Kier alpha value is -10.8. The van der Waals surface area contributed by atoms with Gasteiger partial charge in [-0.25, -0.2) is 4.98 Å². The van der Waals surface area contributed by atoms with Gasteiger partial charge in [0.2, 0.25) is 16.6 Å². The Morgan fingerprint density at radius 1 is 0.591 bits per heavy atom. The number of phenolic OH excluding ortho intramolecular Hbond substituents is 4. The maximum absolute atomic E-state index is 14.9. The highest BCUT2D eigenvalue weighted by Crippen LogP contribution is 2.56. The van der Waals surface area contributed by atoms with Gasteiger partial charge in [0.25, 0.3) is 11.8 Å². The van der Waals surface area contributed by atoms with Crippen LogP contribution >= 0.6 is 0 Å². The van der Waals surface area contributed by atoms with Crippen LogP contribution in [0.15, 0.2) is 103 Å². The topological polar surface area (TPSA) is 432 Å². The number of nitrogens with zero attached hydrogens (tertiary/aromatic N) is 6. The summed E-state index contributed by atoms with van der Waals surface area (Å²) in [5.41, 5.74) is -4.07. The number of nitrogens with one attached hydrogen (secondary N) is 2. The zero-order valence-corrected chi connectivity index (χ0v) is 76.5. The molecule has 127 heavy (non-hydrogen) atoms. The third-order valence-corrected chi connectivity index (χ3v) is 26.4. The SMILES string of the molecule is CO[C@H]1/C=C/C[C@@]2(C)Oc3c(C)c(O)c4c(=O)c(c5oc6cc(N7CCN(CC(C)C)CC7)cc(=O)c6nc5c4c3=C2O)NC(=O)/C(C)=C\C=C\[C@H](C)[C@H](O)[C@@H](C)[C@@H](O)[C@@H](C)[C@H](OC(C)=O)[C@@H]1C.CO[C@H]1/C=C/C[C@@]2(C)Oc3c(C)c(O)c4c(O)c(c(/C=N/N5CCN(C)CC5)c(O)c4c3C2=O)NC(=O)/C(C)=C\C=C\[C@H](C)[C@H](O)[C@@H](C)[C@@H](O)[C@@H](C)[C@H](OC(C)=O)[C@@H]1C. The molecule has 13 rings (SSSR count). The number of aliphatic hydroxyl groups is 5. The number of hydrogen-bond acceptors (Lipinski definition) is 29. The van der Waals surface area contributed by atoms with Gasteiger partial charge in [-0.05, 0) is 54.5 Å². The lowest BCUT2D eigenvalue weighted by Gasteiger charge is -2.38. The lowest BCUT2D eigenvalue weighted by atomic mass is 9.78. The Kier molecular flexibility index (Phi) is 30.1. The standard InChI is InChI=1S/C52H66N4O12.C44H60N4O11/c1-25(2)24-55-18-20-56(21-19-55)33-22-34(58)40-36(23-33)67-49-41(53-40)37-38-45(61)31(8)48-39(37)50(63)52(10,68-48)17-13-16-35(65-11)28(5)47(66-32(9)57)30(7)44(60)29(6)43(59)26(3)14-12-15-27(4)51(64)54-42(49)46(38)62;1-22-13-11-14-23(2)43(56)46-34-29(21-45-48-19-17-47(9)18-20-48)38(53)31-32(39(34)54)37(52)27(6)41-33(31)42(55)44(8,59-41)16-12-15-30(57-10)24(3)40(58-28(7)49)26(5)36(51)25(4)35(22)50/h12-16,22-23,25-26,28-30,35,43-44,47,59-61,63H,17-21,24H2,1-11H3,(H,54,64);11-15,21-22,24-26,30,35-36,40,50-54H,16-20H2,1-10H3,(H,46,56)/b14-12+,16-13+,27-15-;13-11+,15-12+,23-14-,45-21+/t26-,28+,29+,30+,35-,43-,44+,47+,52+;22-,24+,25+,26+,30-,35-,36+,40+,44+/m00/s1. The molecular formula is C96H126N8O23. The molecule has 0 saturated carbocycles. The number of methoxy groups -OCH3 is 2. The predicted molar refractivity (Wildman–Crippen MR) is 486 cm³/mol. The number of rotatable bonds is 9. The first-order valence-electron chi connectivity index (χ1n) is 43.6. The first-order valence-corrected chi connectivity index (χ1v) is 43.6. The van der Waals surface area contributed by atoms with E-state index in [9.17, 15) is 79.5 Å². The minimum Gasteiger partial charge on any atom is -0.507 e. The summed E-state index contributed by atoms with van der Waals surface area (Å²) in [4.78, 5) is 108. The number of benzene rings is 5. The van der Waals surface area contributed by atoms with Crippen molar-refractivity contribution in [3.8, 4) is 34.5 Å². The molecule has 11 N–H and O–H groups in total. The van der Waals surface area contributed by atoms with Crippen LogP contribution < -0.4 is 41.1 Å². The number of carbonyl (C=O) groups is 5. The molecule has 0 aliphatic carbocycles. The number of aromatic nitrogens is 1. The molecule has 31 nitrogen and oxygen atoms in total. The van der Waals surface area contributed by atoms with Crippen molar-refractivity contribution in [3.63, 3.8) is 0 Å². The highest BCUT2D eigenvalue weighted by atomic mass is 16.6. The summed E-state index contributed by atoms with van der Waals surface area (Å²) in [6.45, 7) is 36.9. The molecule has 6 aromatic rings. The highest BCUT2D eigenvalue weighted by molar-refractivity contribution is 6.24. The predicted octanol–water partition coefficient (Wildman–Crippen LogP) is 10.6. The smallest absolute Gasteiger partial charge is 0.302 e. The van der Waals surface area contributed by atoms with E-state index in [1.54, 1.807) is 122 Å². The van der Waals surface area contributed by atoms with Gasteiger partial charge in [0.15, 0.2) is 33.6 Å². The molecule has 9 bridgehead atoms. The summed E-state index contributed by atoms with van der Waals surface area (Å²) >= 11 is 0. The van der Waals surface area contributed by atoms with Crippen LogP contribution in [0.5, 0.6) is 34.5 Å². The van der Waals surface area contributed by atoms with Gasteiger partial charge in [-0.2, -0.15) is 5.10 Å². The average Bonchev–Trinajstić information content (AvgIpc) is 1.63. The third-order valence-electron chi connectivity index (χ3n) is 26.4. The number of aromatic hydroxyl groups is 4. The number of phenols is 4. The lowest BCUT2D eigenvalue weighted by Crippen LogP contribution is -2.47. The highest BCUT2D eigenvalue weighted by Gasteiger charge is 2.49. The van der Waals surface area contributed by atoms with E-state index in [2.05, 4.69) is 44.3 Å². The van der Waals surface area contributed by atoms with E-state index in [1.165, 1.54) is 73.3 Å². The Morgan fingerprint density at radius 2 is 1.09 bits per heavy atom. The van der Waals surface area contributed by atoms with Gasteiger partial charge in [-0.1, -0.05) is 130 Å². The number of ketones is 1. The van der Waals surface area contributed by atoms with Gasteiger partial charge in [-0.15, -0.1) is 0 Å². The van der Waals surface area contributed by atoms with E-state index in [1.807, 2.05) is 20.9 Å². The summed E-state index contributed by atoms with van der Waals surface area (Å²) in [5.74, 6) is -9.41. The molecule has 18 atom stereocenters. The number of Topliss-reactive ketones (excluding diaryl/α,β-unsaturated/α-hetero) is 1. The fraction of sp³-hybridized carbons (Fsp3) is 0.531. The molecule has 7 aliphatic rings. The van der Waals surface area contributed by atoms with E-state index in [0.717, 1.165) is 32.7 Å². The Balaban J connectivity index is 0.000000249. The Labute approximate surface area is 739 Å². The molecule has 7 aliphatic heterocycles. The van der Waals surface area contributed by atoms with Gasteiger partial charge in [0, 0.05) is 198 Å². The van der Waals surface area contributed by atoms with Gasteiger partial charge in [-0.3, -0.25) is 43.5 Å². The zero-order chi connectivity index (χ0) is 93.3. The van der Waals surface area contributed by atoms with Crippen LogP contribution in [0, 0.1) is 67.1 Å². The number of aliphatic hydroxyl groups excluding tert-OH is 5. The second-order valence-corrected chi connectivity index (χ2v) is 36.3. The molecule has 5 aromatic carbocycles. The average molecular weight is 1760 g/mol. The van der Waals surface area contributed by atoms with Gasteiger partial charge >= 0.3 is 11.9 Å². The van der Waals surface area contributed by atoms with Crippen LogP contribution in [0.25, 0.3) is 49.5 Å². The number of carbonyl (C=O) groups excluding carboxylic acids is 5. The van der Waals surface area contributed by atoms with Crippen LogP contribution in [0.1, 0.15) is 151 Å². The second kappa shape index (κ2) is 39.4. The summed E-state index contributed by atoms with van der Waals surface area (Å²) < 4.78 is 42.7. The summed E-state index contributed by atoms with van der Waals surface area (Å²) in [6.07, 6.45) is 10.5. The number of piperazine rings is 2. The van der Waals surface area contributed by atoms with Crippen LogP contribution in [-0.4, -0.2) is 242 Å². The Morgan fingerprint density at radius 3 is 1.60 bits per heavy atom. The molecule has 0 unspecified atom stereocenters. The maximum Gasteiger partial charge on any atom is 0.302 e. The molecule has 0 spiro atoms. The number of hydrazone groups is 1. The lowest BCUT2D eigenvalue weighted by molar-refractivity contribution is -0.161. The number of fused-ring (bicyclic) bond motifs is 16. The van der Waals surface area contributed by atoms with Crippen molar-refractivity contribution in [2.45, 2.75) is 198 Å². The van der Waals surface area contributed by atoms with Gasteiger partial charge in [0.1, 0.15) is 57.9 Å². The number of esters is 2. The van der Waals surface area contributed by atoms with Crippen molar-refractivity contribution in [1.29, 1.82) is 0 Å². The molecule has 2 amide bonds. The fourth-order valence-electron chi connectivity index (χ4n) is 18.3. The first kappa shape index (κ1) is 96.9. The second-order valence-electron chi connectivity index (χ2n) is 36.3. The molecule has 0 radical (unpaired) electrons. The minimum absolute atomic E-state index is 0.00402. The number of likely N-dealkylation sites (N-methyl/N-ethyl adjacent to an activating group) is 1. The van der Waals surface area contributed by atoms with E-state index in [4.69, 9.17) is 37.8 Å². The molecule has 688 valence electrons. The number of allylic oxidation sites excluding steroid dienone is 4. The number of amides is 2. The summed E-state index contributed by atoms with van der Waals surface area (Å²) in [7, 11) is 4.99. The summed E-state index contributed by atoms with van der Waals surface area (Å²) in [6, 6.07) is 3.20. The van der Waals surface area contributed by atoms with E-state index in [0.29, 0.717) is 37.8 Å². The first-order chi connectivity index (χ1) is 59.8. The van der Waals surface area contributed by atoms with Gasteiger partial charge in [0.05, 0.1) is 75.6 Å². The van der Waals surface area contributed by atoms with Crippen LogP contribution in [0.3, 0.4) is 0 Å². The van der Waals surface area contributed by atoms with Crippen LogP contribution in [0.2, 0.25) is 0 Å². The zero-order valence-electron chi connectivity index (χ0n) is 76.5. The third kappa shape index (κ3) is 19.6. The number of hydrogen-bond donors (Lipinski definition) is 11. The van der Waals surface area contributed by atoms with Crippen molar-refractivity contribution in [2.75, 3.05) is 95.7 Å². The monoisotopic (exact) mass is 1760 g/mol. The fourth-order valence-corrected chi connectivity index (χ4v) is 18.3. The maximum atomic E-state index is 14.9. The number of ether oxygens (including phenoxy) is 6. The molecule has 8 heterocycles. The molecule has 31 heteroatoms. The van der Waals surface area contributed by atoms with Crippen LogP contribution in [0.4, 0.5) is 17.1 Å². The molecule has 1 aromatic heterocycles. The van der Waals surface area contributed by atoms with Gasteiger partial charge < -0.3 is 99.2 Å². The molecule has 2 fully saturated rings. The van der Waals surface area contributed by atoms with Crippen molar-refractivity contribution in [1.82, 2.24) is 19.8 Å². The van der Waals surface area contributed by atoms with E-state index >= 15 is 0 Å². The summed E-state index contributed by atoms with van der Waals surface area (Å²) in [5, 5.41) is 117. The van der Waals surface area contributed by atoms with E-state index < -0.39 is 171 Å². The normalized spacial score (nSPS) is 30.8. The molecular weight excluding hydrogens is 1630 g/mol. The van der Waals surface area contributed by atoms with Crippen LogP contribution in [-0.2, 0) is 38.1 Å². The minimum atomic E-state index is -1.54. The molecule has 2 saturated heterocycles. The number of anilines is 3. The van der Waals surface area contributed by atoms with Crippen molar-refractivity contribution in [3.05, 3.63) is 132 Å².